The van der Waals surface area contributed by atoms with E-state index in [-0.39, 0.29) is 43.6 Å². The first-order valence-electron chi connectivity index (χ1n) is 13.1. The van der Waals surface area contributed by atoms with Gasteiger partial charge in [-0.1, -0.05) is 30.3 Å². The number of nitrogens with zero attached hydrogens (tertiary/aromatic N) is 4. The molecule has 0 radical (unpaired) electrons. The van der Waals surface area contributed by atoms with Gasteiger partial charge in [-0.15, -0.1) is 0 Å². The van der Waals surface area contributed by atoms with Crippen LogP contribution in [0.1, 0.15) is 44.6 Å². The lowest BCUT2D eigenvalue weighted by atomic mass is 10.1. The van der Waals surface area contributed by atoms with E-state index < -0.39 is 5.82 Å². The van der Waals surface area contributed by atoms with Crippen LogP contribution in [0.4, 0.5) is 10.3 Å². The van der Waals surface area contributed by atoms with Crippen molar-refractivity contribution in [3.63, 3.8) is 0 Å². The molecular weight excluding hydrogens is 495 g/mol. The third kappa shape index (κ3) is 7.68. The normalized spacial score (nSPS) is 18.0. The largest absolute Gasteiger partial charge is 0.465 e. The van der Waals surface area contributed by atoms with Crippen molar-refractivity contribution in [1.29, 1.82) is 0 Å². The van der Waals surface area contributed by atoms with E-state index in [9.17, 15) is 14.3 Å². The van der Waals surface area contributed by atoms with Gasteiger partial charge in [-0.3, -0.25) is 4.79 Å². The molecule has 1 aromatic heterocycles. The molecule has 2 fully saturated rings. The van der Waals surface area contributed by atoms with Crippen molar-refractivity contribution in [2.45, 2.75) is 51.9 Å². The maximum Gasteiger partial charge on any atom is 0.305 e. The van der Waals surface area contributed by atoms with Crippen molar-refractivity contribution in [1.82, 2.24) is 9.97 Å². The Morgan fingerprint density at radius 2 is 2.05 bits per heavy atom. The van der Waals surface area contributed by atoms with Gasteiger partial charge in [-0.25, -0.2) is 14.4 Å². The summed E-state index contributed by atoms with van der Waals surface area (Å²) in [6.07, 6.45) is 6.98. The number of hydrogen-bond donors (Lipinski definition) is 1. The Morgan fingerprint density at radius 1 is 1.24 bits per heavy atom. The number of esters is 1. The molecule has 38 heavy (non-hydrogen) atoms. The summed E-state index contributed by atoms with van der Waals surface area (Å²) in [5, 5.41) is 13.5. The minimum absolute atomic E-state index is 0.164. The van der Waals surface area contributed by atoms with Crippen LogP contribution in [0, 0.1) is 11.7 Å². The summed E-state index contributed by atoms with van der Waals surface area (Å²) in [7, 11) is 0. The van der Waals surface area contributed by atoms with E-state index in [0.717, 1.165) is 31.4 Å². The van der Waals surface area contributed by atoms with Crippen LogP contribution in [0.5, 0.6) is 0 Å². The Labute approximate surface area is 221 Å². The van der Waals surface area contributed by atoms with Crippen LogP contribution in [-0.4, -0.2) is 72.6 Å². The van der Waals surface area contributed by atoms with E-state index in [2.05, 4.69) is 15.1 Å². The Kier molecular flexibility index (Phi) is 10.4. The zero-order valence-corrected chi connectivity index (χ0v) is 21.7. The van der Waals surface area contributed by atoms with Gasteiger partial charge in [0.05, 0.1) is 44.5 Å². The number of carbonyl (C=O) groups excluding carboxylic acids is 1. The second kappa shape index (κ2) is 14.1. The molecule has 206 valence electrons. The lowest BCUT2D eigenvalue weighted by molar-refractivity contribution is -0.176. The Balaban J connectivity index is 1.25. The summed E-state index contributed by atoms with van der Waals surface area (Å²) in [6.45, 7) is 4.07. The van der Waals surface area contributed by atoms with Crippen LogP contribution in [0.2, 0.25) is 0 Å². The number of carbonyl (C=O) groups is 1. The SMILES string of the molecule is CCCC(=O)OCC(CON=C1CN(c2ncc(-c3cccc(CO)c3F)cn2)C1)COC1CCCCO1. The van der Waals surface area contributed by atoms with Crippen LogP contribution in [0.3, 0.4) is 0 Å². The van der Waals surface area contributed by atoms with Crippen LogP contribution < -0.4 is 4.90 Å². The number of oxime groups is 1. The molecule has 2 aromatic rings. The van der Waals surface area contributed by atoms with Crippen LogP contribution in [-0.2, 0) is 30.4 Å². The van der Waals surface area contributed by atoms with Gasteiger partial charge in [0.1, 0.15) is 12.4 Å². The highest BCUT2D eigenvalue weighted by molar-refractivity contribution is 5.98. The monoisotopic (exact) mass is 530 g/mol. The summed E-state index contributed by atoms with van der Waals surface area (Å²) in [4.78, 5) is 28.0. The van der Waals surface area contributed by atoms with E-state index in [1.54, 1.807) is 24.5 Å². The number of aliphatic hydroxyl groups excluding tert-OH is 1. The second-order valence-corrected chi connectivity index (χ2v) is 9.45. The number of rotatable bonds is 13. The molecular formula is C27H35FN4O6. The predicted octanol–water partition coefficient (Wildman–Crippen LogP) is 3.47. The Hall–Kier alpha value is -3.15. The maximum atomic E-state index is 14.5. The van der Waals surface area contributed by atoms with Gasteiger partial charge in [-0.05, 0) is 25.7 Å². The number of benzene rings is 1. The number of anilines is 1. The summed E-state index contributed by atoms with van der Waals surface area (Å²) < 4.78 is 31.4. The van der Waals surface area contributed by atoms with Crippen molar-refractivity contribution in [3.8, 4) is 11.1 Å². The third-order valence-electron chi connectivity index (χ3n) is 6.32. The lowest BCUT2D eigenvalue weighted by Gasteiger charge is -2.32. The minimum atomic E-state index is -0.475. The molecule has 2 atom stereocenters. The highest BCUT2D eigenvalue weighted by Gasteiger charge is 2.26. The Morgan fingerprint density at radius 3 is 2.76 bits per heavy atom. The number of aliphatic hydroxyl groups is 1. The van der Waals surface area contributed by atoms with Crippen molar-refractivity contribution < 1.29 is 33.3 Å². The average molecular weight is 531 g/mol. The molecule has 2 aliphatic heterocycles. The van der Waals surface area contributed by atoms with E-state index in [1.165, 1.54) is 6.07 Å². The van der Waals surface area contributed by atoms with E-state index in [4.69, 9.17) is 19.0 Å². The van der Waals surface area contributed by atoms with Gasteiger partial charge in [-0.2, -0.15) is 0 Å². The average Bonchev–Trinajstić information content (AvgIpc) is 2.92. The first-order valence-corrected chi connectivity index (χ1v) is 13.1. The fourth-order valence-corrected chi connectivity index (χ4v) is 4.09. The maximum absolute atomic E-state index is 14.5. The molecule has 2 unspecified atom stereocenters. The summed E-state index contributed by atoms with van der Waals surface area (Å²) in [5.41, 5.74) is 1.94. The van der Waals surface area contributed by atoms with Crippen LogP contribution in [0.25, 0.3) is 11.1 Å². The van der Waals surface area contributed by atoms with Crippen molar-refractivity contribution in [2.24, 2.45) is 11.1 Å². The summed E-state index contributed by atoms with van der Waals surface area (Å²) >= 11 is 0. The molecule has 2 saturated heterocycles. The number of halogens is 1. The topological polar surface area (TPSA) is 116 Å². The van der Waals surface area contributed by atoms with Crippen molar-refractivity contribution in [2.75, 3.05) is 44.4 Å². The first-order chi connectivity index (χ1) is 18.6. The standard InChI is InChI=1S/C27H35FN4O6/c1-2-6-24(34)36-16-19(17-37-25-9-3-4-10-35-25)18-38-31-22-13-32(14-22)27-29-11-21(12-30-27)23-8-5-7-20(15-33)26(23)28/h5,7-8,11-12,19,25,33H,2-4,6,9-10,13-18H2,1H3. The van der Waals surface area contributed by atoms with Crippen LogP contribution >= 0.6 is 0 Å². The number of ether oxygens (including phenoxy) is 3. The van der Waals surface area contributed by atoms with Gasteiger partial charge in [0, 0.05) is 42.1 Å². The van der Waals surface area contributed by atoms with E-state index >= 15 is 0 Å². The molecule has 1 N–H and O–H groups in total. The van der Waals surface area contributed by atoms with Gasteiger partial charge in [0.15, 0.2) is 6.29 Å². The zero-order valence-electron chi connectivity index (χ0n) is 21.7. The molecule has 0 saturated carbocycles. The highest BCUT2D eigenvalue weighted by atomic mass is 19.1. The van der Waals surface area contributed by atoms with Gasteiger partial charge in [0.2, 0.25) is 5.95 Å². The van der Waals surface area contributed by atoms with Crippen molar-refractivity contribution >= 4 is 17.6 Å². The fourth-order valence-electron chi connectivity index (χ4n) is 4.09. The Bertz CT molecular complexity index is 1070. The molecule has 11 heteroatoms. The predicted molar refractivity (Wildman–Crippen MR) is 138 cm³/mol. The molecule has 3 heterocycles. The molecule has 4 rings (SSSR count). The molecule has 0 amide bonds. The smallest absolute Gasteiger partial charge is 0.305 e. The van der Waals surface area contributed by atoms with Gasteiger partial charge >= 0.3 is 5.97 Å². The third-order valence-corrected chi connectivity index (χ3v) is 6.32. The fraction of sp³-hybridized carbons (Fsp3) is 0.556. The minimum Gasteiger partial charge on any atom is -0.465 e. The van der Waals surface area contributed by atoms with Crippen LogP contribution in [0.15, 0.2) is 35.7 Å². The van der Waals surface area contributed by atoms with Gasteiger partial charge < -0.3 is 29.1 Å². The molecule has 0 aliphatic carbocycles. The number of aromatic nitrogens is 2. The molecule has 0 bridgehead atoms. The van der Waals surface area contributed by atoms with Gasteiger partial charge in [0.25, 0.3) is 0 Å². The number of hydrogen-bond acceptors (Lipinski definition) is 10. The zero-order chi connectivity index (χ0) is 26.7. The highest BCUT2D eigenvalue weighted by Crippen LogP contribution is 2.25. The van der Waals surface area contributed by atoms with E-state index in [1.807, 2.05) is 11.8 Å². The van der Waals surface area contributed by atoms with E-state index in [0.29, 0.717) is 49.8 Å². The first kappa shape index (κ1) is 27.9. The summed E-state index contributed by atoms with van der Waals surface area (Å²) in [6, 6.07) is 4.85. The molecule has 10 nitrogen and oxygen atoms in total. The molecule has 0 spiro atoms. The second-order valence-electron chi connectivity index (χ2n) is 9.45. The lowest BCUT2D eigenvalue weighted by Crippen LogP contribution is -2.48. The molecule has 1 aromatic carbocycles. The molecule has 2 aliphatic rings. The quantitative estimate of drug-likeness (QED) is 0.307. The van der Waals surface area contributed by atoms with Crippen molar-refractivity contribution in [3.05, 3.63) is 42.0 Å². The summed E-state index contributed by atoms with van der Waals surface area (Å²) in [5.74, 6) is -0.366.